The lowest BCUT2D eigenvalue weighted by Crippen LogP contribution is -2.10. The molecular formula is C9H10O3. The average molecular weight is 166 g/mol. The number of fused-ring (bicyclic) bond motifs is 1. The van der Waals surface area contributed by atoms with E-state index in [-0.39, 0.29) is 0 Å². The molecule has 0 radical (unpaired) electrons. The van der Waals surface area contributed by atoms with E-state index in [1.54, 1.807) is 7.11 Å². The maximum Gasteiger partial charge on any atom is 0.189 e. The summed E-state index contributed by atoms with van der Waals surface area (Å²) in [6, 6.07) is 5.70. The van der Waals surface area contributed by atoms with Crippen LogP contribution in [0.2, 0.25) is 0 Å². The molecule has 64 valence electrons. The molecule has 3 heteroatoms. The van der Waals surface area contributed by atoms with E-state index in [1.165, 1.54) is 0 Å². The lowest BCUT2D eigenvalue weighted by atomic mass is 10.2. The third-order valence-electron chi connectivity index (χ3n) is 1.82. The van der Waals surface area contributed by atoms with Gasteiger partial charge in [-0.1, -0.05) is 0 Å². The van der Waals surface area contributed by atoms with Gasteiger partial charge in [-0.05, 0) is 18.2 Å². The van der Waals surface area contributed by atoms with Gasteiger partial charge in [-0.3, -0.25) is 0 Å². The summed E-state index contributed by atoms with van der Waals surface area (Å²) in [6.07, 6.45) is 0. The predicted octanol–water partition coefficient (Wildman–Crippen LogP) is 1.56. The molecule has 0 unspecified atom stereocenters. The molecule has 0 aromatic heterocycles. The van der Waals surface area contributed by atoms with Gasteiger partial charge < -0.3 is 14.2 Å². The first-order valence-corrected chi connectivity index (χ1v) is 3.77. The monoisotopic (exact) mass is 166 g/mol. The van der Waals surface area contributed by atoms with Crippen molar-refractivity contribution in [2.24, 2.45) is 0 Å². The van der Waals surface area contributed by atoms with Gasteiger partial charge in [0, 0.05) is 5.56 Å². The highest BCUT2D eigenvalue weighted by Crippen LogP contribution is 2.27. The molecule has 3 nitrogen and oxygen atoms in total. The minimum atomic E-state index is 0.347. The van der Waals surface area contributed by atoms with Crippen LogP contribution in [0.5, 0.6) is 11.5 Å². The van der Waals surface area contributed by atoms with Crippen molar-refractivity contribution in [3.8, 4) is 11.5 Å². The summed E-state index contributed by atoms with van der Waals surface area (Å²) in [5.74, 6) is 1.73. The van der Waals surface area contributed by atoms with E-state index in [9.17, 15) is 0 Å². The second kappa shape index (κ2) is 3.03. The van der Waals surface area contributed by atoms with Crippen LogP contribution >= 0.6 is 0 Å². The van der Waals surface area contributed by atoms with Crippen LogP contribution in [0.15, 0.2) is 18.2 Å². The molecule has 0 saturated carbocycles. The topological polar surface area (TPSA) is 27.7 Å². The fourth-order valence-electron chi connectivity index (χ4n) is 1.19. The van der Waals surface area contributed by atoms with Crippen molar-refractivity contribution in [3.05, 3.63) is 23.8 Å². The molecular weight excluding hydrogens is 156 g/mol. The van der Waals surface area contributed by atoms with E-state index in [2.05, 4.69) is 0 Å². The van der Waals surface area contributed by atoms with Gasteiger partial charge in [0.05, 0.1) is 13.7 Å². The van der Waals surface area contributed by atoms with Crippen molar-refractivity contribution in [3.63, 3.8) is 0 Å². The Morgan fingerprint density at radius 2 is 2.33 bits per heavy atom. The normalized spacial score (nSPS) is 14.8. The zero-order valence-electron chi connectivity index (χ0n) is 6.87. The summed E-state index contributed by atoms with van der Waals surface area (Å²) >= 11 is 0. The van der Waals surface area contributed by atoms with Crippen LogP contribution < -0.4 is 9.47 Å². The molecule has 0 spiro atoms. The molecule has 1 heterocycles. The third kappa shape index (κ3) is 1.23. The number of rotatable bonds is 1. The lowest BCUT2D eigenvalue weighted by molar-refractivity contribution is -0.0164. The Bertz CT molecular complexity index is 283. The molecule has 12 heavy (non-hydrogen) atoms. The van der Waals surface area contributed by atoms with Crippen LogP contribution in [-0.2, 0) is 11.3 Å². The lowest BCUT2D eigenvalue weighted by Gasteiger charge is -2.17. The number of hydrogen-bond donors (Lipinski definition) is 0. The van der Waals surface area contributed by atoms with Gasteiger partial charge in [0.15, 0.2) is 6.79 Å². The Morgan fingerprint density at radius 1 is 1.42 bits per heavy atom. The summed E-state index contributed by atoms with van der Waals surface area (Å²) in [5.41, 5.74) is 1.04. The highest BCUT2D eigenvalue weighted by atomic mass is 16.7. The van der Waals surface area contributed by atoms with E-state index in [0.29, 0.717) is 13.4 Å². The molecule has 0 fully saturated rings. The summed E-state index contributed by atoms with van der Waals surface area (Å²) in [6.45, 7) is 0.950. The first kappa shape index (κ1) is 7.43. The Labute approximate surface area is 70.9 Å². The highest BCUT2D eigenvalue weighted by molar-refractivity contribution is 5.40. The third-order valence-corrected chi connectivity index (χ3v) is 1.82. The second-order valence-electron chi connectivity index (χ2n) is 2.58. The Morgan fingerprint density at radius 3 is 3.17 bits per heavy atom. The number of methoxy groups -OCH3 is 1. The second-order valence-corrected chi connectivity index (χ2v) is 2.58. The fraction of sp³-hybridized carbons (Fsp3) is 0.333. The van der Waals surface area contributed by atoms with E-state index in [4.69, 9.17) is 14.2 Å². The van der Waals surface area contributed by atoms with Gasteiger partial charge in [-0.15, -0.1) is 0 Å². The van der Waals surface area contributed by atoms with E-state index in [1.807, 2.05) is 18.2 Å². The summed E-state index contributed by atoms with van der Waals surface area (Å²) in [7, 11) is 1.65. The van der Waals surface area contributed by atoms with E-state index in [0.717, 1.165) is 17.1 Å². The first-order valence-electron chi connectivity index (χ1n) is 3.77. The van der Waals surface area contributed by atoms with Gasteiger partial charge in [-0.2, -0.15) is 0 Å². The van der Waals surface area contributed by atoms with Crippen molar-refractivity contribution in [1.29, 1.82) is 0 Å². The van der Waals surface area contributed by atoms with Crippen molar-refractivity contribution in [2.45, 2.75) is 6.61 Å². The molecule has 1 aromatic rings. The SMILES string of the molecule is COc1ccc2c(c1)COCO2. The number of benzene rings is 1. The van der Waals surface area contributed by atoms with Gasteiger partial charge >= 0.3 is 0 Å². The molecule has 0 aliphatic carbocycles. The summed E-state index contributed by atoms with van der Waals surface area (Å²) in [4.78, 5) is 0. The van der Waals surface area contributed by atoms with Crippen LogP contribution in [0.1, 0.15) is 5.56 Å². The molecule has 2 rings (SSSR count). The van der Waals surface area contributed by atoms with Crippen LogP contribution in [0.3, 0.4) is 0 Å². The van der Waals surface area contributed by atoms with E-state index >= 15 is 0 Å². The molecule has 1 aliphatic rings. The minimum absolute atomic E-state index is 0.347. The van der Waals surface area contributed by atoms with E-state index < -0.39 is 0 Å². The maximum atomic E-state index is 5.25. The maximum absolute atomic E-state index is 5.25. The molecule has 0 N–H and O–H groups in total. The van der Waals surface area contributed by atoms with Gasteiger partial charge in [0.1, 0.15) is 11.5 Å². The summed E-state index contributed by atoms with van der Waals surface area (Å²) in [5, 5.41) is 0. The largest absolute Gasteiger partial charge is 0.497 e. The Hall–Kier alpha value is -1.22. The molecule has 0 bridgehead atoms. The van der Waals surface area contributed by atoms with Gasteiger partial charge in [-0.25, -0.2) is 0 Å². The predicted molar refractivity (Wildman–Crippen MR) is 43.3 cm³/mol. The highest BCUT2D eigenvalue weighted by Gasteiger charge is 2.10. The fourth-order valence-corrected chi connectivity index (χ4v) is 1.19. The van der Waals surface area contributed by atoms with Crippen LogP contribution in [0, 0.1) is 0 Å². The zero-order valence-corrected chi connectivity index (χ0v) is 6.87. The molecule has 0 amide bonds. The Balaban J connectivity index is 2.36. The molecule has 0 saturated heterocycles. The zero-order chi connectivity index (χ0) is 8.39. The number of hydrogen-bond acceptors (Lipinski definition) is 3. The number of ether oxygens (including phenoxy) is 3. The van der Waals surface area contributed by atoms with Crippen molar-refractivity contribution >= 4 is 0 Å². The minimum Gasteiger partial charge on any atom is -0.497 e. The van der Waals surface area contributed by atoms with Crippen molar-refractivity contribution in [2.75, 3.05) is 13.9 Å². The van der Waals surface area contributed by atoms with Crippen molar-refractivity contribution in [1.82, 2.24) is 0 Å². The molecule has 1 aromatic carbocycles. The van der Waals surface area contributed by atoms with Gasteiger partial charge in [0.25, 0.3) is 0 Å². The molecule has 1 aliphatic heterocycles. The quantitative estimate of drug-likeness (QED) is 0.633. The smallest absolute Gasteiger partial charge is 0.189 e. The standard InChI is InChI=1S/C9H10O3/c1-10-8-2-3-9-7(4-8)5-11-6-12-9/h2-4H,5-6H2,1H3. The van der Waals surface area contributed by atoms with Crippen molar-refractivity contribution < 1.29 is 14.2 Å². The van der Waals surface area contributed by atoms with Gasteiger partial charge in [0.2, 0.25) is 0 Å². The van der Waals surface area contributed by atoms with Crippen LogP contribution in [0.25, 0.3) is 0 Å². The van der Waals surface area contributed by atoms with Crippen LogP contribution in [0.4, 0.5) is 0 Å². The Kier molecular flexibility index (Phi) is 1.87. The van der Waals surface area contributed by atoms with Crippen LogP contribution in [-0.4, -0.2) is 13.9 Å². The average Bonchev–Trinajstić information content (AvgIpc) is 2.17. The molecule has 0 atom stereocenters. The first-order chi connectivity index (χ1) is 5.90. The summed E-state index contributed by atoms with van der Waals surface area (Å²) < 4.78 is 15.4.